The molecule has 0 saturated carbocycles. The Morgan fingerprint density at radius 2 is 2.06 bits per heavy atom. The van der Waals surface area contributed by atoms with E-state index in [1.54, 1.807) is 30.3 Å². The van der Waals surface area contributed by atoms with Crippen molar-refractivity contribution in [1.82, 2.24) is 5.48 Å². The zero-order chi connectivity index (χ0) is 12.7. The maximum atomic E-state index is 11.5. The molecule has 0 fully saturated rings. The van der Waals surface area contributed by atoms with Crippen LogP contribution in [0.1, 0.15) is 11.5 Å². The minimum atomic E-state index is -0.982. The standard InChI is InChI=1S/C11H11N3O3/c12-6-9(8-4-2-1-3-5-8)11(16)14-17-7-10(13)15/h1-5,9H,7H2,(H2,13,15)(H,14,16). The Kier molecular flexibility index (Phi) is 4.66. The summed E-state index contributed by atoms with van der Waals surface area (Å²) in [5.74, 6) is -2.33. The molecule has 6 heteroatoms. The van der Waals surface area contributed by atoms with Crippen LogP contribution in [0.3, 0.4) is 0 Å². The topological polar surface area (TPSA) is 105 Å². The minimum Gasteiger partial charge on any atom is -0.368 e. The summed E-state index contributed by atoms with van der Waals surface area (Å²) < 4.78 is 0. The van der Waals surface area contributed by atoms with Gasteiger partial charge in [-0.05, 0) is 5.56 Å². The number of carbonyl (C=O) groups excluding carboxylic acids is 2. The quantitative estimate of drug-likeness (QED) is 0.688. The normalized spacial score (nSPS) is 11.2. The van der Waals surface area contributed by atoms with Crippen LogP contribution in [0.2, 0.25) is 0 Å². The van der Waals surface area contributed by atoms with Crippen LogP contribution < -0.4 is 11.2 Å². The zero-order valence-corrected chi connectivity index (χ0v) is 8.92. The molecule has 88 valence electrons. The van der Waals surface area contributed by atoms with Crippen molar-refractivity contribution in [3.8, 4) is 6.07 Å². The van der Waals surface area contributed by atoms with Gasteiger partial charge in [0, 0.05) is 0 Å². The van der Waals surface area contributed by atoms with Crippen LogP contribution in [0.4, 0.5) is 0 Å². The second-order valence-corrected chi connectivity index (χ2v) is 3.19. The number of hydrogen-bond acceptors (Lipinski definition) is 4. The molecule has 6 nitrogen and oxygen atoms in total. The molecule has 0 saturated heterocycles. The fourth-order valence-electron chi connectivity index (χ4n) is 1.17. The largest absolute Gasteiger partial charge is 0.368 e. The van der Waals surface area contributed by atoms with Crippen molar-refractivity contribution in [1.29, 1.82) is 5.26 Å². The number of nitrogens with one attached hydrogen (secondary N) is 1. The smallest absolute Gasteiger partial charge is 0.265 e. The van der Waals surface area contributed by atoms with Gasteiger partial charge in [0.2, 0.25) is 5.91 Å². The van der Waals surface area contributed by atoms with Gasteiger partial charge in [0.25, 0.3) is 5.91 Å². The van der Waals surface area contributed by atoms with Crippen molar-refractivity contribution in [2.24, 2.45) is 5.73 Å². The molecule has 0 aliphatic heterocycles. The summed E-state index contributed by atoms with van der Waals surface area (Å²) in [5, 5.41) is 8.90. The van der Waals surface area contributed by atoms with Crippen molar-refractivity contribution < 1.29 is 14.4 Å². The first-order valence-corrected chi connectivity index (χ1v) is 4.79. The maximum Gasteiger partial charge on any atom is 0.265 e. The average Bonchev–Trinajstić information content (AvgIpc) is 2.31. The number of primary amides is 1. The van der Waals surface area contributed by atoms with Crippen molar-refractivity contribution in [3.05, 3.63) is 35.9 Å². The van der Waals surface area contributed by atoms with Gasteiger partial charge in [0.1, 0.15) is 0 Å². The van der Waals surface area contributed by atoms with Crippen molar-refractivity contribution in [2.45, 2.75) is 5.92 Å². The summed E-state index contributed by atoms with van der Waals surface area (Å²) in [6.07, 6.45) is 0. The Balaban J connectivity index is 2.60. The van der Waals surface area contributed by atoms with Crippen LogP contribution in [0.15, 0.2) is 30.3 Å². The number of nitrogens with two attached hydrogens (primary N) is 1. The maximum absolute atomic E-state index is 11.5. The average molecular weight is 233 g/mol. The van der Waals surface area contributed by atoms with Crippen LogP contribution in [0, 0.1) is 11.3 Å². The Morgan fingerprint density at radius 1 is 1.41 bits per heavy atom. The molecular weight excluding hydrogens is 222 g/mol. The van der Waals surface area contributed by atoms with Gasteiger partial charge in [-0.1, -0.05) is 30.3 Å². The molecule has 0 aliphatic carbocycles. The molecule has 2 amide bonds. The zero-order valence-electron chi connectivity index (χ0n) is 8.92. The molecule has 0 aromatic heterocycles. The number of hydroxylamine groups is 1. The molecule has 3 N–H and O–H groups in total. The number of rotatable bonds is 5. The van der Waals surface area contributed by atoms with Crippen molar-refractivity contribution in [2.75, 3.05) is 6.61 Å². The van der Waals surface area contributed by atoms with E-state index in [-0.39, 0.29) is 0 Å². The summed E-state index contributed by atoms with van der Waals surface area (Å²) in [6, 6.07) is 10.4. The molecule has 1 aromatic rings. The lowest BCUT2D eigenvalue weighted by atomic mass is 10.0. The highest BCUT2D eigenvalue weighted by Gasteiger charge is 2.19. The lowest BCUT2D eigenvalue weighted by Crippen LogP contribution is -2.32. The summed E-state index contributed by atoms with van der Waals surface area (Å²) in [6.45, 7) is -0.432. The van der Waals surface area contributed by atoms with E-state index in [4.69, 9.17) is 11.0 Å². The van der Waals surface area contributed by atoms with Gasteiger partial charge >= 0.3 is 0 Å². The van der Waals surface area contributed by atoms with Crippen LogP contribution in [0.25, 0.3) is 0 Å². The molecular formula is C11H11N3O3. The SMILES string of the molecule is N#CC(C(=O)NOCC(N)=O)c1ccccc1. The lowest BCUT2D eigenvalue weighted by molar-refractivity contribution is -0.138. The predicted octanol–water partition coefficient (Wildman–Crippen LogP) is -0.173. The van der Waals surface area contributed by atoms with Gasteiger partial charge in [-0.15, -0.1) is 0 Å². The second-order valence-electron chi connectivity index (χ2n) is 3.19. The van der Waals surface area contributed by atoms with E-state index in [0.717, 1.165) is 0 Å². The van der Waals surface area contributed by atoms with Crippen LogP contribution in [-0.2, 0) is 14.4 Å². The molecule has 17 heavy (non-hydrogen) atoms. The van der Waals surface area contributed by atoms with Gasteiger partial charge in [-0.3, -0.25) is 14.4 Å². The van der Waals surface area contributed by atoms with E-state index in [1.165, 1.54) is 0 Å². The highest BCUT2D eigenvalue weighted by molar-refractivity contribution is 5.85. The number of hydrogen-bond donors (Lipinski definition) is 2. The van der Waals surface area contributed by atoms with E-state index in [2.05, 4.69) is 4.84 Å². The summed E-state index contributed by atoms with van der Waals surface area (Å²) in [4.78, 5) is 26.5. The van der Waals surface area contributed by atoms with Gasteiger partial charge in [0.05, 0.1) is 6.07 Å². The van der Waals surface area contributed by atoms with Crippen LogP contribution in [0.5, 0.6) is 0 Å². The Hall–Kier alpha value is -2.39. The van der Waals surface area contributed by atoms with Gasteiger partial charge < -0.3 is 5.73 Å². The number of amides is 2. The van der Waals surface area contributed by atoms with E-state index in [9.17, 15) is 9.59 Å². The molecule has 0 aliphatic rings. The third-order valence-electron chi connectivity index (χ3n) is 1.91. The molecule has 0 bridgehead atoms. The van der Waals surface area contributed by atoms with Crippen molar-refractivity contribution in [3.63, 3.8) is 0 Å². The molecule has 1 atom stereocenters. The minimum absolute atomic E-state index is 0.432. The van der Waals surface area contributed by atoms with Crippen molar-refractivity contribution >= 4 is 11.8 Å². The third-order valence-corrected chi connectivity index (χ3v) is 1.91. The molecule has 1 unspecified atom stereocenters. The number of nitriles is 1. The van der Waals surface area contributed by atoms with Gasteiger partial charge in [-0.25, -0.2) is 5.48 Å². The van der Waals surface area contributed by atoms with E-state index in [1.807, 2.05) is 11.5 Å². The number of carbonyl (C=O) groups is 2. The first-order valence-electron chi connectivity index (χ1n) is 4.79. The molecule has 0 spiro atoms. The fourth-order valence-corrected chi connectivity index (χ4v) is 1.17. The molecule has 0 radical (unpaired) electrons. The Bertz CT molecular complexity index is 439. The second kappa shape index (κ2) is 6.25. The number of benzene rings is 1. The summed E-state index contributed by atoms with van der Waals surface area (Å²) in [5.41, 5.74) is 7.37. The third kappa shape index (κ3) is 3.93. The molecule has 0 heterocycles. The molecule has 1 rings (SSSR count). The van der Waals surface area contributed by atoms with Crippen LogP contribution in [-0.4, -0.2) is 18.4 Å². The first-order chi connectivity index (χ1) is 8.15. The highest BCUT2D eigenvalue weighted by Crippen LogP contribution is 2.14. The Morgan fingerprint density at radius 3 is 2.59 bits per heavy atom. The molecule has 1 aromatic carbocycles. The van der Waals surface area contributed by atoms with Gasteiger partial charge in [0.15, 0.2) is 12.5 Å². The van der Waals surface area contributed by atoms with E-state index in [0.29, 0.717) is 5.56 Å². The van der Waals surface area contributed by atoms with Crippen LogP contribution >= 0.6 is 0 Å². The highest BCUT2D eigenvalue weighted by atomic mass is 16.7. The van der Waals surface area contributed by atoms with Gasteiger partial charge in [-0.2, -0.15) is 5.26 Å². The predicted molar refractivity (Wildman–Crippen MR) is 58.1 cm³/mol. The lowest BCUT2D eigenvalue weighted by Gasteiger charge is -2.09. The monoisotopic (exact) mass is 233 g/mol. The van der Waals surface area contributed by atoms with E-state index >= 15 is 0 Å². The number of nitrogens with zero attached hydrogens (tertiary/aromatic N) is 1. The van der Waals surface area contributed by atoms with E-state index < -0.39 is 24.3 Å². The fraction of sp³-hybridized carbons (Fsp3) is 0.182. The first kappa shape index (κ1) is 12.7. The summed E-state index contributed by atoms with van der Waals surface area (Å²) >= 11 is 0. The Labute approximate surface area is 97.9 Å². The summed E-state index contributed by atoms with van der Waals surface area (Å²) in [7, 11) is 0.